The molecule has 0 atom stereocenters. The molecule has 5 nitrogen and oxygen atoms in total. The Balaban J connectivity index is 0.00000120. The zero-order valence-electron chi connectivity index (χ0n) is 10.6. The molecule has 3 rings (SSSR count). The van der Waals surface area contributed by atoms with Crippen LogP contribution in [0, 0.1) is 6.07 Å². The number of aromatic nitrogens is 3. The van der Waals surface area contributed by atoms with E-state index in [0.29, 0.717) is 0 Å². The van der Waals surface area contributed by atoms with Crippen molar-refractivity contribution < 1.29 is 19.5 Å². The Bertz CT molecular complexity index is 530. The molecule has 2 aromatic rings. The summed E-state index contributed by atoms with van der Waals surface area (Å²) in [6, 6.07) is 3.25. The fourth-order valence-corrected chi connectivity index (χ4v) is 2.28. The number of aryl methyl sites for hydroxylation is 1. The Morgan fingerprint density at radius 1 is 1.17 bits per heavy atom. The van der Waals surface area contributed by atoms with Crippen molar-refractivity contribution in [1.82, 2.24) is 19.7 Å². The molecule has 0 aromatic carbocycles. The van der Waals surface area contributed by atoms with Crippen molar-refractivity contribution in [3.8, 4) is 0 Å². The average molecular weight is 333 g/mol. The summed E-state index contributed by atoms with van der Waals surface area (Å²) in [5.74, 6) is 0. The van der Waals surface area contributed by atoms with E-state index < -0.39 is 0 Å². The molecule has 3 heterocycles. The van der Waals surface area contributed by atoms with Crippen LogP contribution in [0.1, 0.15) is 0 Å². The predicted octanol–water partition coefficient (Wildman–Crippen LogP) is 0.518. The number of nitrogens with zero attached hydrogens (tertiary/aromatic N) is 5. The van der Waals surface area contributed by atoms with Gasteiger partial charge in [0.15, 0.2) is 0 Å². The van der Waals surface area contributed by atoms with Gasteiger partial charge in [-0.25, -0.2) is 11.2 Å². The maximum Gasteiger partial charge on any atom is 0.0757 e. The van der Waals surface area contributed by atoms with E-state index >= 15 is 0 Å². The minimum Gasteiger partial charge on any atom is -0.402 e. The van der Waals surface area contributed by atoms with E-state index in [9.17, 15) is 0 Å². The number of pyridine rings is 1. The third kappa shape index (κ3) is 2.27. The van der Waals surface area contributed by atoms with Crippen LogP contribution in [-0.4, -0.2) is 52.9 Å². The van der Waals surface area contributed by atoms with Gasteiger partial charge in [-0.3, -0.25) is 9.67 Å². The fourth-order valence-electron chi connectivity index (χ4n) is 2.28. The monoisotopic (exact) mass is 333 g/mol. The first-order valence-corrected chi connectivity index (χ1v) is 5.87. The van der Waals surface area contributed by atoms with E-state index in [0.717, 1.165) is 42.9 Å². The zero-order chi connectivity index (χ0) is 11.8. The van der Waals surface area contributed by atoms with Crippen molar-refractivity contribution in [3.05, 3.63) is 18.5 Å². The zero-order valence-corrected chi connectivity index (χ0v) is 12.2. The van der Waals surface area contributed by atoms with E-state index in [1.165, 1.54) is 0 Å². The van der Waals surface area contributed by atoms with Crippen LogP contribution in [0.4, 0.5) is 5.69 Å². The van der Waals surface area contributed by atoms with Crippen molar-refractivity contribution >= 4 is 16.7 Å². The van der Waals surface area contributed by atoms with Gasteiger partial charge >= 0.3 is 0 Å². The number of likely N-dealkylation sites (N-methyl/N-ethyl adjacent to an activating group) is 1. The molecule has 1 radical (unpaired) electrons. The third-order valence-electron chi connectivity index (χ3n) is 3.37. The Morgan fingerprint density at radius 3 is 2.61 bits per heavy atom. The fraction of sp³-hybridized carbons (Fsp3) is 0.500. The molecular formula is C12H16N5Rh-. The van der Waals surface area contributed by atoms with Gasteiger partial charge in [-0.2, -0.15) is 0 Å². The van der Waals surface area contributed by atoms with Gasteiger partial charge in [-0.05, 0) is 13.2 Å². The molecule has 0 saturated carbocycles. The average Bonchev–Trinajstić information content (AvgIpc) is 2.73. The summed E-state index contributed by atoms with van der Waals surface area (Å²) < 4.78 is 1.81. The molecule has 18 heavy (non-hydrogen) atoms. The van der Waals surface area contributed by atoms with E-state index in [1.807, 2.05) is 17.9 Å². The number of rotatable bonds is 1. The van der Waals surface area contributed by atoms with Gasteiger partial charge in [0.2, 0.25) is 0 Å². The Kier molecular flexibility index (Phi) is 3.98. The second kappa shape index (κ2) is 5.33. The van der Waals surface area contributed by atoms with Gasteiger partial charge in [-0.15, -0.1) is 5.69 Å². The Morgan fingerprint density at radius 2 is 1.89 bits per heavy atom. The van der Waals surface area contributed by atoms with Crippen molar-refractivity contribution in [1.29, 1.82) is 0 Å². The number of anilines is 1. The van der Waals surface area contributed by atoms with Crippen LogP contribution in [0.5, 0.6) is 0 Å². The molecule has 2 aromatic heterocycles. The molecule has 0 unspecified atom stereocenters. The summed E-state index contributed by atoms with van der Waals surface area (Å²) in [7, 11) is 4.08. The van der Waals surface area contributed by atoms with Crippen molar-refractivity contribution in [2.45, 2.75) is 0 Å². The molecule has 0 N–H and O–H groups in total. The van der Waals surface area contributed by atoms with Gasteiger partial charge in [0.25, 0.3) is 0 Å². The molecule has 1 fully saturated rings. The molecule has 0 amide bonds. The largest absolute Gasteiger partial charge is 0.402 e. The Labute approximate surface area is 120 Å². The number of hydrogen-bond acceptors (Lipinski definition) is 4. The maximum atomic E-state index is 4.32. The summed E-state index contributed by atoms with van der Waals surface area (Å²) in [6.07, 6.45) is 3.63. The third-order valence-corrected chi connectivity index (χ3v) is 3.37. The van der Waals surface area contributed by atoms with Crippen molar-refractivity contribution in [3.63, 3.8) is 0 Å². The minimum absolute atomic E-state index is 0. The van der Waals surface area contributed by atoms with Crippen molar-refractivity contribution in [2.75, 3.05) is 38.1 Å². The van der Waals surface area contributed by atoms with Crippen LogP contribution < -0.4 is 4.90 Å². The summed E-state index contributed by atoms with van der Waals surface area (Å²) in [6.45, 7) is 4.28. The first-order chi connectivity index (χ1) is 8.25. The molecule has 0 bridgehead atoms. The van der Waals surface area contributed by atoms with Gasteiger partial charge in [0.1, 0.15) is 0 Å². The molecule has 1 aliphatic heterocycles. The number of piperazine rings is 1. The normalized spacial score (nSPS) is 16.9. The summed E-state index contributed by atoms with van der Waals surface area (Å²) >= 11 is 0. The van der Waals surface area contributed by atoms with Crippen LogP contribution in [0.25, 0.3) is 11.0 Å². The molecule has 1 aliphatic rings. The van der Waals surface area contributed by atoms with Crippen LogP contribution in [0.3, 0.4) is 0 Å². The van der Waals surface area contributed by atoms with Crippen LogP contribution in [0.15, 0.2) is 12.4 Å². The molecule has 1 saturated heterocycles. The van der Waals surface area contributed by atoms with E-state index in [-0.39, 0.29) is 19.5 Å². The van der Waals surface area contributed by atoms with E-state index in [2.05, 4.69) is 33.0 Å². The van der Waals surface area contributed by atoms with Gasteiger partial charge in [0.05, 0.1) is 5.65 Å². The molecule has 0 aliphatic carbocycles. The molecular weight excluding hydrogens is 317 g/mol. The predicted molar refractivity (Wildman–Crippen MR) is 67.1 cm³/mol. The van der Waals surface area contributed by atoms with Crippen LogP contribution in [0.2, 0.25) is 0 Å². The van der Waals surface area contributed by atoms with Gasteiger partial charge in [-0.1, -0.05) is 11.6 Å². The quantitative estimate of drug-likeness (QED) is 0.563. The maximum absolute atomic E-state index is 4.32. The number of hydrogen-bond donors (Lipinski definition) is 0. The van der Waals surface area contributed by atoms with E-state index in [1.54, 1.807) is 6.20 Å². The van der Waals surface area contributed by atoms with Crippen LogP contribution in [-0.2, 0) is 26.5 Å². The summed E-state index contributed by atoms with van der Waals surface area (Å²) in [4.78, 5) is 9.03. The molecule has 6 heteroatoms. The van der Waals surface area contributed by atoms with Gasteiger partial charge < -0.3 is 9.80 Å². The molecule has 99 valence electrons. The van der Waals surface area contributed by atoms with Gasteiger partial charge in [0, 0.05) is 52.7 Å². The van der Waals surface area contributed by atoms with Crippen LogP contribution >= 0.6 is 0 Å². The first kappa shape index (κ1) is 13.4. The standard InChI is InChI=1S/C12H16N5.Rh/c1-15-5-7-17(8-6-15)11-3-4-13-12-10(11)9-14-16(12)2;/h4,9H,5-8H2,1-2H3;/q-1;. The summed E-state index contributed by atoms with van der Waals surface area (Å²) in [5.41, 5.74) is 2.06. The number of fused-ring (bicyclic) bond motifs is 1. The minimum atomic E-state index is 0. The summed E-state index contributed by atoms with van der Waals surface area (Å²) in [5, 5.41) is 5.36. The smallest absolute Gasteiger partial charge is 0.0757 e. The second-order valence-electron chi connectivity index (χ2n) is 4.55. The first-order valence-electron chi connectivity index (χ1n) is 5.87. The van der Waals surface area contributed by atoms with E-state index in [4.69, 9.17) is 0 Å². The topological polar surface area (TPSA) is 37.2 Å². The van der Waals surface area contributed by atoms with Crippen molar-refractivity contribution in [2.24, 2.45) is 7.05 Å². The Hall–Kier alpha value is -0.997. The SMILES string of the molecule is CN1CCN(c2[c-]cnc3c2cnn3C)CC1.[Rh]. The molecule has 0 spiro atoms. The second-order valence-corrected chi connectivity index (χ2v) is 4.55.